The molecule has 2 amide bonds. The molecule has 1 aliphatic heterocycles. The van der Waals surface area contributed by atoms with Crippen molar-refractivity contribution in [1.29, 1.82) is 0 Å². The Bertz CT molecular complexity index is 737. The van der Waals surface area contributed by atoms with Gasteiger partial charge in [0.25, 0.3) is 0 Å². The molecule has 1 aromatic carbocycles. The third kappa shape index (κ3) is 4.31. The van der Waals surface area contributed by atoms with Gasteiger partial charge in [0.15, 0.2) is 6.04 Å². The van der Waals surface area contributed by atoms with Gasteiger partial charge >= 0.3 is 5.97 Å². The number of carbonyl (C=O) groups excluding carboxylic acids is 3. The molecule has 0 spiro atoms. The van der Waals surface area contributed by atoms with Gasteiger partial charge in [0, 0.05) is 12.0 Å². The van der Waals surface area contributed by atoms with Gasteiger partial charge in [0.1, 0.15) is 11.6 Å². The lowest BCUT2D eigenvalue weighted by molar-refractivity contribution is -0.164. The molecule has 146 valence electrons. The van der Waals surface area contributed by atoms with Crippen LogP contribution in [-0.4, -0.2) is 23.8 Å². The van der Waals surface area contributed by atoms with Crippen molar-refractivity contribution in [3.05, 3.63) is 35.4 Å². The first-order valence-corrected chi connectivity index (χ1v) is 9.70. The highest BCUT2D eigenvalue weighted by Gasteiger charge is 2.40. The van der Waals surface area contributed by atoms with Crippen LogP contribution in [0.2, 0.25) is 0 Å². The van der Waals surface area contributed by atoms with Gasteiger partial charge < -0.3 is 15.4 Å². The molecule has 27 heavy (non-hydrogen) atoms. The molecule has 1 aliphatic carbocycles. The fourth-order valence-electron chi connectivity index (χ4n) is 4.04. The summed E-state index contributed by atoms with van der Waals surface area (Å²) < 4.78 is 5.52. The van der Waals surface area contributed by atoms with Crippen molar-refractivity contribution in [2.45, 2.75) is 70.6 Å². The average Bonchev–Trinajstić information content (AvgIpc) is 3.10. The molecule has 1 saturated carbocycles. The Morgan fingerprint density at radius 1 is 1.22 bits per heavy atom. The molecule has 2 N–H and O–H groups in total. The predicted octanol–water partition coefficient (Wildman–Crippen LogP) is 2.72. The third-order valence-electron chi connectivity index (χ3n) is 5.52. The normalized spacial score (nSPS) is 22.5. The van der Waals surface area contributed by atoms with Gasteiger partial charge in [-0.05, 0) is 45.1 Å². The number of hydrogen-bond acceptors (Lipinski definition) is 4. The Morgan fingerprint density at radius 2 is 1.89 bits per heavy atom. The summed E-state index contributed by atoms with van der Waals surface area (Å²) in [5, 5.41) is 5.48. The molecular weight excluding hydrogens is 344 g/mol. The summed E-state index contributed by atoms with van der Waals surface area (Å²) in [7, 11) is 0. The molecule has 2 unspecified atom stereocenters. The lowest BCUT2D eigenvalue weighted by atomic mass is 9.86. The van der Waals surface area contributed by atoms with E-state index in [1.54, 1.807) is 6.92 Å². The first kappa shape index (κ1) is 19.4. The van der Waals surface area contributed by atoms with E-state index in [4.69, 9.17) is 4.74 Å². The summed E-state index contributed by atoms with van der Waals surface area (Å²) in [6.45, 7) is 5.28. The fourth-order valence-corrected chi connectivity index (χ4v) is 4.04. The minimum atomic E-state index is -0.865. The van der Waals surface area contributed by atoms with Crippen LogP contribution in [0.5, 0.6) is 0 Å². The lowest BCUT2D eigenvalue weighted by Gasteiger charge is -2.36. The molecule has 2 atom stereocenters. The molecule has 1 heterocycles. The number of hydrogen-bond donors (Lipinski definition) is 2. The molecule has 2 aliphatic rings. The van der Waals surface area contributed by atoms with Gasteiger partial charge in [-0.2, -0.15) is 0 Å². The first-order valence-electron chi connectivity index (χ1n) is 9.70. The second-order valence-electron chi connectivity index (χ2n) is 8.10. The summed E-state index contributed by atoms with van der Waals surface area (Å²) in [6, 6.07) is 5.86. The van der Waals surface area contributed by atoms with Crippen LogP contribution >= 0.6 is 0 Å². The van der Waals surface area contributed by atoms with Crippen molar-refractivity contribution in [2.75, 3.05) is 0 Å². The number of rotatable bonds is 5. The zero-order valence-corrected chi connectivity index (χ0v) is 16.2. The topological polar surface area (TPSA) is 84.5 Å². The van der Waals surface area contributed by atoms with Gasteiger partial charge in [-0.25, -0.2) is 4.79 Å². The highest BCUT2D eigenvalue weighted by Crippen LogP contribution is 2.37. The molecule has 3 rings (SSSR count). The number of ether oxygens (including phenoxy) is 1. The van der Waals surface area contributed by atoms with Crippen LogP contribution in [-0.2, 0) is 24.7 Å². The van der Waals surface area contributed by atoms with E-state index in [1.165, 1.54) is 12.8 Å². The monoisotopic (exact) mass is 372 g/mol. The van der Waals surface area contributed by atoms with Gasteiger partial charge in [-0.15, -0.1) is 0 Å². The van der Waals surface area contributed by atoms with Crippen LogP contribution in [0.3, 0.4) is 0 Å². The number of amides is 2. The molecule has 0 radical (unpaired) electrons. The van der Waals surface area contributed by atoms with Crippen molar-refractivity contribution in [2.24, 2.45) is 5.92 Å². The van der Waals surface area contributed by atoms with Crippen molar-refractivity contribution >= 4 is 17.8 Å². The van der Waals surface area contributed by atoms with Crippen LogP contribution in [0.4, 0.5) is 0 Å². The maximum atomic E-state index is 12.6. The minimum Gasteiger partial charge on any atom is -0.453 e. The zero-order valence-electron chi connectivity index (χ0n) is 16.2. The van der Waals surface area contributed by atoms with Gasteiger partial charge in [0.2, 0.25) is 11.8 Å². The van der Waals surface area contributed by atoms with E-state index in [-0.39, 0.29) is 5.91 Å². The van der Waals surface area contributed by atoms with Crippen molar-refractivity contribution in [3.8, 4) is 0 Å². The zero-order chi connectivity index (χ0) is 19.6. The van der Waals surface area contributed by atoms with Crippen LogP contribution in [0.1, 0.15) is 70.0 Å². The molecular formula is C21H28N2O4. The molecule has 0 saturated heterocycles. The minimum absolute atomic E-state index is 0.114. The number of fused-ring (bicyclic) bond motifs is 1. The van der Waals surface area contributed by atoms with Crippen LogP contribution < -0.4 is 10.6 Å². The number of esters is 1. The molecule has 0 aromatic heterocycles. The van der Waals surface area contributed by atoms with E-state index in [1.807, 2.05) is 38.1 Å². The lowest BCUT2D eigenvalue weighted by Crippen LogP contribution is -2.50. The van der Waals surface area contributed by atoms with Crippen LogP contribution in [0.15, 0.2) is 24.3 Å². The predicted molar refractivity (Wildman–Crippen MR) is 101 cm³/mol. The highest BCUT2D eigenvalue weighted by atomic mass is 16.6. The Labute approximate surface area is 160 Å². The first-order chi connectivity index (χ1) is 12.8. The van der Waals surface area contributed by atoms with Crippen molar-refractivity contribution in [3.63, 3.8) is 0 Å². The average molecular weight is 372 g/mol. The van der Waals surface area contributed by atoms with Crippen LogP contribution in [0.25, 0.3) is 0 Å². The van der Waals surface area contributed by atoms with Crippen molar-refractivity contribution < 1.29 is 19.1 Å². The fraction of sp³-hybridized carbons (Fsp3) is 0.571. The van der Waals surface area contributed by atoms with Crippen LogP contribution in [0, 0.1) is 5.92 Å². The Kier molecular flexibility index (Phi) is 5.53. The maximum absolute atomic E-state index is 12.6. The van der Waals surface area contributed by atoms with Gasteiger partial charge in [-0.3, -0.25) is 9.59 Å². The molecule has 6 nitrogen and oxygen atoms in total. The Hall–Kier alpha value is -2.37. The number of carbonyl (C=O) groups is 3. The SMILES string of the molecule is CC(NC(=O)CC1CCCC1)C(=O)NC1C(=O)OC(C)(C)c2ccccc21. The van der Waals surface area contributed by atoms with E-state index < -0.39 is 29.6 Å². The summed E-state index contributed by atoms with van der Waals surface area (Å²) >= 11 is 0. The Balaban J connectivity index is 1.64. The highest BCUT2D eigenvalue weighted by molar-refractivity contribution is 5.91. The second-order valence-corrected chi connectivity index (χ2v) is 8.10. The summed E-state index contributed by atoms with van der Waals surface area (Å²) in [5.74, 6) is -0.581. The molecule has 6 heteroatoms. The maximum Gasteiger partial charge on any atom is 0.334 e. The summed E-state index contributed by atoms with van der Waals surface area (Å²) in [5.41, 5.74) is 0.861. The summed E-state index contributed by atoms with van der Waals surface area (Å²) in [6.07, 6.45) is 4.96. The summed E-state index contributed by atoms with van der Waals surface area (Å²) in [4.78, 5) is 37.2. The van der Waals surface area contributed by atoms with E-state index in [0.29, 0.717) is 12.3 Å². The van der Waals surface area contributed by atoms with E-state index in [9.17, 15) is 14.4 Å². The number of nitrogens with one attached hydrogen (secondary N) is 2. The molecule has 0 bridgehead atoms. The van der Waals surface area contributed by atoms with Gasteiger partial charge in [-0.1, -0.05) is 37.1 Å². The number of cyclic esters (lactones) is 1. The van der Waals surface area contributed by atoms with E-state index in [2.05, 4.69) is 10.6 Å². The van der Waals surface area contributed by atoms with Gasteiger partial charge in [0.05, 0.1) is 0 Å². The van der Waals surface area contributed by atoms with E-state index in [0.717, 1.165) is 24.0 Å². The standard InChI is InChI=1S/C21H28N2O4/c1-13(22-17(24)12-14-8-4-5-9-14)19(25)23-18-15-10-6-7-11-16(15)21(2,3)27-20(18)26/h6-7,10-11,13-14,18H,4-5,8-9,12H2,1-3H3,(H,22,24)(H,23,25). The molecule has 1 aromatic rings. The largest absolute Gasteiger partial charge is 0.453 e. The third-order valence-corrected chi connectivity index (χ3v) is 5.52. The smallest absolute Gasteiger partial charge is 0.334 e. The van der Waals surface area contributed by atoms with Crippen molar-refractivity contribution in [1.82, 2.24) is 10.6 Å². The number of benzene rings is 1. The Morgan fingerprint density at radius 3 is 2.59 bits per heavy atom. The van der Waals surface area contributed by atoms with E-state index >= 15 is 0 Å². The quantitative estimate of drug-likeness (QED) is 0.779. The molecule has 1 fully saturated rings. The second kappa shape index (κ2) is 7.71.